The number of hydrogen-bond acceptors (Lipinski definition) is 8. The second-order valence-corrected chi connectivity index (χ2v) is 12.3. The van der Waals surface area contributed by atoms with Crippen molar-refractivity contribution in [3.63, 3.8) is 0 Å². The van der Waals surface area contributed by atoms with E-state index in [0.717, 1.165) is 50.1 Å². The second kappa shape index (κ2) is 16.7. The summed E-state index contributed by atoms with van der Waals surface area (Å²) in [6.07, 6.45) is 1.90. The molecule has 0 aliphatic rings. The molecule has 10 heteroatoms. The summed E-state index contributed by atoms with van der Waals surface area (Å²) >= 11 is 0. The molecular formula is C40H42N4O6. The highest BCUT2D eigenvalue weighted by Crippen LogP contribution is 2.28. The van der Waals surface area contributed by atoms with E-state index in [4.69, 9.17) is 9.47 Å². The largest absolute Gasteiger partial charge is 0.457 e. The molecule has 0 radical (unpaired) electrons. The normalized spacial score (nSPS) is 11.0. The molecular weight excluding hydrogens is 632 g/mol. The summed E-state index contributed by atoms with van der Waals surface area (Å²) in [6, 6.07) is 27.8. The molecule has 0 heterocycles. The summed E-state index contributed by atoms with van der Waals surface area (Å²) in [5.41, 5.74) is 10.6. The molecule has 5 aromatic rings. The number of nitro groups is 2. The Kier molecular flexibility index (Phi) is 11.9. The quantitative estimate of drug-likeness (QED) is 0.0603. The van der Waals surface area contributed by atoms with Crippen molar-refractivity contribution in [2.75, 3.05) is 13.1 Å². The topological polar surface area (TPSA) is 129 Å². The van der Waals surface area contributed by atoms with Gasteiger partial charge in [0.2, 0.25) is 0 Å². The molecule has 0 aliphatic heterocycles. The minimum atomic E-state index is -0.428. The van der Waals surface area contributed by atoms with E-state index < -0.39 is 9.85 Å². The molecule has 50 heavy (non-hydrogen) atoms. The van der Waals surface area contributed by atoms with E-state index in [-0.39, 0.29) is 11.4 Å². The van der Waals surface area contributed by atoms with Gasteiger partial charge in [0.05, 0.1) is 9.85 Å². The Morgan fingerprint density at radius 3 is 1.04 bits per heavy atom. The van der Waals surface area contributed by atoms with Crippen LogP contribution in [0.4, 0.5) is 11.4 Å². The van der Waals surface area contributed by atoms with Gasteiger partial charge in [0.1, 0.15) is 23.0 Å². The van der Waals surface area contributed by atoms with Crippen LogP contribution in [0.5, 0.6) is 23.0 Å². The van der Waals surface area contributed by atoms with Crippen molar-refractivity contribution in [3.05, 3.63) is 162 Å². The van der Waals surface area contributed by atoms with Crippen LogP contribution in [0.1, 0.15) is 44.5 Å². The Morgan fingerprint density at radius 1 is 0.480 bits per heavy atom. The van der Waals surface area contributed by atoms with Gasteiger partial charge in [0, 0.05) is 37.4 Å². The lowest BCUT2D eigenvalue weighted by Gasteiger charge is -2.21. The van der Waals surface area contributed by atoms with Gasteiger partial charge in [-0.05, 0) is 147 Å². The summed E-state index contributed by atoms with van der Waals surface area (Å²) in [5, 5.41) is 28.9. The van der Waals surface area contributed by atoms with E-state index in [2.05, 4.69) is 38.3 Å². The Bertz CT molecular complexity index is 1750. The van der Waals surface area contributed by atoms with Crippen LogP contribution < -0.4 is 20.1 Å². The minimum absolute atomic E-state index is 0.0338. The summed E-state index contributed by atoms with van der Waals surface area (Å²) in [5.74, 6) is 2.46. The van der Waals surface area contributed by atoms with Crippen LogP contribution in [0.15, 0.2) is 97.1 Å². The molecule has 0 atom stereocenters. The molecule has 0 saturated heterocycles. The lowest BCUT2D eigenvalue weighted by molar-refractivity contribution is -0.385. The van der Waals surface area contributed by atoms with E-state index in [0.29, 0.717) is 23.0 Å². The van der Waals surface area contributed by atoms with Gasteiger partial charge >= 0.3 is 0 Å². The molecule has 2 N–H and O–H groups in total. The number of nitro benzene ring substituents is 2. The van der Waals surface area contributed by atoms with Gasteiger partial charge < -0.3 is 20.1 Å². The number of nitrogens with zero attached hydrogens (tertiary/aromatic N) is 2. The standard InChI is InChI=1S/C40H42N4O6/c1-27-28(2)40(22-24-42-26-32-7-15-36(16-8-32)50-38-19-11-34(12-20-38)44(47)48)30(4)29(3)39(27)21-23-41-25-31-5-13-35(14-6-31)49-37-17-9-33(10-18-37)43(45)46/h5-20,41-42H,21-26H2,1-4H3. The third-order valence-electron chi connectivity index (χ3n) is 9.11. The Labute approximate surface area is 292 Å². The van der Waals surface area contributed by atoms with Crippen LogP contribution in [0.2, 0.25) is 0 Å². The van der Waals surface area contributed by atoms with Crippen molar-refractivity contribution in [2.24, 2.45) is 0 Å². The van der Waals surface area contributed by atoms with Gasteiger partial charge in [0.15, 0.2) is 0 Å². The van der Waals surface area contributed by atoms with Crippen LogP contribution >= 0.6 is 0 Å². The van der Waals surface area contributed by atoms with Crippen LogP contribution in [-0.2, 0) is 25.9 Å². The zero-order valence-corrected chi connectivity index (χ0v) is 28.8. The van der Waals surface area contributed by atoms with Crippen molar-refractivity contribution in [3.8, 4) is 23.0 Å². The maximum absolute atomic E-state index is 10.9. The fourth-order valence-electron chi connectivity index (χ4n) is 6.00. The number of hydrogen-bond donors (Lipinski definition) is 2. The highest BCUT2D eigenvalue weighted by atomic mass is 16.6. The van der Waals surface area contributed by atoms with Crippen molar-refractivity contribution < 1.29 is 19.3 Å². The van der Waals surface area contributed by atoms with Crippen molar-refractivity contribution in [2.45, 2.75) is 53.6 Å². The predicted octanol–water partition coefficient (Wildman–Crippen LogP) is 8.99. The molecule has 5 aromatic carbocycles. The smallest absolute Gasteiger partial charge is 0.269 e. The van der Waals surface area contributed by atoms with Crippen LogP contribution in [0, 0.1) is 47.9 Å². The van der Waals surface area contributed by atoms with Crippen LogP contribution in [0.25, 0.3) is 0 Å². The fraction of sp³-hybridized carbons (Fsp3) is 0.250. The lowest BCUT2D eigenvalue weighted by atomic mass is 9.86. The third kappa shape index (κ3) is 9.31. The number of rotatable bonds is 16. The van der Waals surface area contributed by atoms with E-state index in [1.807, 2.05) is 48.5 Å². The Morgan fingerprint density at radius 2 is 0.760 bits per heavy atom. The zero-order chi connectivity index (χ0) is 35.6. The summed E-state index contributed by atoms with van der Waals surface area (Å²) in [6.45, 7) is 12.1. The molecule has 0 saturated carbocycles. The molecule has 0 unspecified atom stereocenters. The molecule has 0 amide bonds. The third-order valence-corrected chi connectivity index (χ3v) is 9.11. The monoisotopic (exact) mass is 674 g/mol. The molecule has 258 valence electrons. The molecule has 0 bridgehead atoms. The maximum Gasteiger partial charge on any atom is 0.269 e. The van der Waals surface area contributed by atoms with Gasteiger partial charge in [-0.15, -0.1) is 0 Å². The van der Waals surface area contributed by atoms with E-state index >= 15 is 0 Å². The fourth-order valence-corrected chi connectivity index (χ4v) is 6.00. The SMILES string of the molecule is Cc1c(C)c(CCNCc2ccc(Oc3ccc([N+](=O)[O-])cc3)cc2)c(C)c(C)c1CCNCc1ccc(Oc2ccc([N+](=O)[O-])cc2)cc1. The van der Waals surface area contributed by atoms with Gasteiger partial charge in [-0.1, -0.05) is 24.3 Å². The lowest BCUT2D eigenvalue weighted by Crippen LogP contribution is -2.20. The van der Waals surface area contributed by atoms with Crippen LogP contribution in [-0.4, -0.2) is 22.9 Å². The molecule has 0 aromatic heterocycles. The van der Waals surface area contributed by atoms with Gasteiger partial charge in [-0.25, -0.2) is 0 Å². The number of nitrogens with one attached hydrogen (secondary N) is 2. The first-order valence-electron chi connectivity index (χ1n) is 16.6. The second-order valence-electron chi connectivity index (χ2n) is 12.3. The van der Waals surface area contributed by atoms with Gasteiger partial charge in [-0.3, -0.25) is 20.2 Å². The van der Waals surface area contributed by atoms with Crippen LogP contribution in [0.3, 0.4) is 0 Å². The minimum Gasteiger partial charge on any atom is -0.457 e. The molecule has 5 rings (SSSR count). The average molecular weight is 675 g/mol. The summed E-state index contributed by atoms with van der Waals surface area (Å²) in [4.78, 5) is 20.9. The van der Waals surface area contributed by atoms with Crippen molar-refractivity contribution >= 4 is 11.4 Å². The average Bonchev–Trinajstić information content (AvgIpc) is 3.12. The maximum atomic E-state index is 10.9. The number of non-ortho nitro benzene ring substituents is 2. The summed E-state index contributed by atoms with van der Waals surface area (Å²) < 4.78 is 11.6. The van der Waals surface area contributed by atoms with E-state index in [1.165, 1.54) is 57.6 Å². The molecule has 0 fully saturated rings. The van der Waals surface area contributed by atoms with Gasteiger partial charge in [-0.2, -0.15) is 0 Å². The first kappa shape index (κ1) is 35.7. The van der Waals surface area contributed by atoms with E-state index in [9.17, 15) is 20.2 Å². The Balaban J connectivity index is 1.06. The number of benzene rings is 5. The zero-order valence-electron chi connectivity index (χ0n) is 28.8. The molecule has 0 aliphatic carbocycles. The first-order chi connectivity index (χ1) is 24.1. The molecule has 10 nitrogen and oxygen atoms in total. The number of ether oxygens (including phenoxy) is 2. The van der Waals surface area contributed by atoms with Crippen molar-refractivity contribution in [1.82, 2.24) is 10.6 Å². The highest BCUT2D eigenvalue weighted by molar-refractivity contribution is 5.50. The molecule has 0 spiro atoms. The highest BCUT2D eigenvalue weighted by Gasteiger charge is 2.15. The Hall–Kier alpha value is -5.58. The van der Waals surface area contributed by atoms with Gasteiger partial charge in [0.25, 0.3) is 11.4 Å². The van der Waals surface area contributed by atoms with E-state index in [1.54, 1.807) is 24.3 Å². The predicted molar refractivity (Wildman–Crippen MR) is 195 cm³/mol. The first-order valence-corrected chi connectivity index (χ1v) is 16.6. The summed E-state index contributed by atoms with van der Waals surface area (Å²) in [7, 11) is 0. The van der Waals surface area contributed by atoms with Crippen molar-refractivity contribution in [1.29, 1.82) is 0 Å².